The summed E-state index contributed by atoms with van der Waals surface area (Å²) in [4.78, 5) is 28.6. The first-order valence-corrected chi connectivity index (χ1v) is 8.47. The number of amides is 1. The maximum absolute atomic E-state index is 12.1. The van der Waals surface area contributed by atoms with Gasteiger partial charge >= 0.3 is 0 Å². The third-order valence-corrected chi connectivity index (χ3v) is 3.85. The van der Waals surface area contributed by atoms with Gasteiger partial charge in [0.25, 0.3) is 5.91 Å². The normalized spacial score (nSPS) is 15.5. The Labute approximate surface area is 154 Å². The third kappa shape index (κ3) is 5.02. The second-order valence-corrected chi connectivity index (χ2v) is 6.36. The van der Waals surface area contributed by atoms with Crippen molar-refractivity contribution < 1.29 is 4.79 Å². The van der Waals surface area contributed by atoms with Crippen LogP contribution >= 0.6 is 0 Å². The molecule has 138 valence electrons. The van der Waals surface area contributed by atoms with E-state index in [1.54, 1.807) is 26.4 Å². The molecule has 0 unspecified atom stereocenters. The van der Waals surface area contributed by atoms with Crippen LogP contribution in [-0.2, 0) is 0 Å². The van der Waals surface area contributed by atoms with E-state index in [9.17, 15) is 4.79 Å². The van der Waals surface area contributed by atoms with Crippen molar-refractivity contribution in [1.82, 2.24) is 14.9 Å². The molecule has 0 aliphatic carbocycles. The molecule has 1 aromatic heterocycles. The van der Waals surface area contributed by atoms with Crippen LogP contribution < -0.4 is 10.6 Å². The second-order valence-electron chi connectivity index (χ2n) is 6.36. The van der Waals surface area contributed by atoms with Crippen molar-refractivity contribution in [1.29, 1.82) is 0 Å². The van der Waals surface area contributed by atoms with E-state index in [0.717, 1.165) is 11.3 Å². The highest BCUT2D eigenvalue weighted by molar-refractivity contribution is 5.92. The fraction of sp³-hybridized carbons (Fsp3) is 0.368. The number of rotatable bonds is 6. The summed E-state index contributed by atoms with van der Waals surface area (Å²) in [6, 6.07) is 1.61. The summed E-state index contributed by atoms with van der Waals surface area (Å²) in [7, 11) is 3.39. The Morgan fingerprint density at radius 2 is 2.19 bits per heavy atom. The van der Waals surface area contributed by atoms with Crippen LogP contribution in [0.15, 0.2) is 52.3 Å². The van der Waals surface area contributed by atoms with E-state index in [1.807, 2.05) is 43.2 Å². The lowest BCUT2D eigenvalue weighted by molar-refractivity contribution is 0.0822. The average Bonchev–Trinajstić information content (AvgIpc) is 3.00. The zero-order chi connectivity index (χ0) is 19.1. The molecule has 0 atom stereocenters. The lowest BCUT2D eigenvalue weighted by Gasteiger charge is -2.17. The summed E-state index contributed by atoms with van der Waals surface area (Å²) in [5, 5.41) is 0. The maximum atomic E-state index is 12.1. The van der Waals surface area contributed by atoms with E-state index in [4.69, 9.17) is 5.73 Å². The van der Waals surface area contributed by atoms with Crippen LogP contribution in [0, 0.1) is 0 Å². The monoisotopic (exact) mass is 354 g/mol. The molecule has 2 heterocycles. The molecule has 0 saturated heterocycles. The highest BCUT2D eigenvalue weighted by Crippen LogP contribution is 2.18. The lowest BCUT2D eigenvalue weighted by Crippen LogP contribution is -2.27. The molecule has 7 nitrogen and oxygen atoms in total. The van der Waals surface area contributed by atoms with Gasteiger partial charge in [-0.05, 0) is 19.9 Å². The number of carbonyl (C=O) groups excluding carboxylic acids is 1. The maximum Gasteiger partial charge on any atom is 0.272 e. The first-order chi connectivity index (χ1) is 12.4. The van der Waals surface area contributed by atoms with E-state index in [1.165, 1.54) is 10.5 Å². The molecule has 7 heteroatoms. The van der Waals surface area contributed by atoms with Crippen molar-refractivity contribution in [3.05, 3.63) is 53.0 Å². The Hall–Kier alpha value is -2.96. The van der Waals surface area contributed by atoms with Crippen LogP contribution in [0.5, 0.6) is 0 Å². The van der Waals surface area contributed by atoms with E-state index < -0.39 is 0 Å². The number of aliphatic imine (C=N–C) groups is 1. The summed E-state index contributed by atoms with van der Waals surface area (Å²) < 4.78 is 0. The minimum atomic E-state index is -0.154. The Morgan fingerprint density at radius 3 is 2.88 bits per heavy atom. The first-order valence-electron chi connectivity index (χ1n) is 8.47. The lowest BCUT2D eigenvalue weighted by atomic mass is 10.2. The minimum Gasteiger partial charge on any atom is -0.400 e. The Balaban J connectivity index is 2.04. The zero-order valence-corrected chi connectivity index (χ0v) is 15.8. The van der Waals surface area contributed by atoms with Crippen LogP contribution in [0.4, 0.5) is 5.95 Å². The summed E-state index contributed by atoms with van der Waals surface area (Å²) in [5.74, 6) is 0.340. The molecule has 0 radical (unpaired) electrons. The smallest absolute Gasteiger partial charge is 0.272 e. The predicted octanol–water partition coefficient (Wildman–Crippen LogP) is 1.80. The quantitative estimate of drug-likeness (QED) is 0.622. The largest absolute Gasteiger partial charge is 0.400 e. The molecular formula is C19H26N6O. The van der Waals surface area contributed by atoms with E-state index in [0.29, 0.717) is 31.3 Å². The van der Waals surface area contributed by atoms with Gasteiger partial charge in [-0.2, -0.15) is 0 Å². The van der Waals surface area contributed by atoms with E-state index in [2.05, 4.69) is 15.0 Å². The van der Waals surface area contributed by atoms with Gasteiger partial charge in [-0.1, -0.05) is 23.8 Å². The average molecular weight is 354 g/mol. The summed E-state index contributed by atoms with van der Waals surface area (Å²) in [6.07, 6.45) is 9.43. The van der Waals surface area contributed by atoms with Gasteiger partial charge in [0.05, 0.1) is 13.1 Å². The number of allylic oxidation sites excluding steroid dienone is 3. The van der Waals surface area contributed by atoms with Gasteiger partial charge in [-0.3, -0.25) is 9.79 Å². The molecule has 1 aliphatic rings. The molecule has 1 amide bonds. The Bertz CT molecular complexity index is 776. The third-order valence-electron chi connectivity index (χ3n) is 3.85. The highest BCUT2D eigenvalue weighted by atomic mass is 16.2. The molecule has 1 aromatic rings. The predicted molar refractivity (Wildman–Crippen MR) is 105 cm³/mol. The van der Waals surface area contributed by atoms with Crippen molar-refractivity contribution >= 4 is 18.1 Å². The number of nitrogens with zero attached hydrogens (tertiary/aromatic N) is 5. The van der Waals surface area contributed by atoms with Crippen molar-refractivity contribution in [2.45, 2.75) is 13.8 Å². The fourth-order valence-corrected chi connectivity index (χ4v) is 2.40. The number of anilines is 1. The molecule has 0 spiro atoms. The molecule has 2 N–H and O–H groups in total. The van der Waals surface area contributed by atoms with E-state index >= 15 is 0 Å². The number of hydrogen-bond donors (Lipinski definition) is 1. The molecule has 2 rings (SSSR count). The van der Waals surface area contributed by atoms with Gasteiger partial charge < -0.3 is 15.5 Å². The standard InChI is InChI=1S/C19H26N6O/c1-5-6-7-14(2)10-21-11-15-12-25(13-16(15)20)19-22-9-8-17(23-19)18(26)24(3)4/h5-9,11H,10,12-13,20H2,1-4H3/b6-5-,14-7+,21-11?. The molecule has 26 heavy (non-hydrogen) atoms. The van der Waals surface area contributed by atoms with Crippen molar-refractivity contribution in [2.75, 3.05) is 38.6 Å². The zero-order valence-electron chi connectivity index (χ0n) is 15.8. The Kier molecular flexibility index (Phi) is 6.66. The summed E-state index contributed by atoms with van der Waals surface area (Å²) >= 11 is 0. The van der Waals surface area contributed by atoms with Gasteiger partial charge in [0.2, 0.25) is 5.95 Å². The second kappa shape index (κ2) is 8.94. The summed E-state index contributed by atoms with van der Waals surface area (Å²) in [6.45, 7) is 5.75. The van der Waals surface area contributed by atoms with Crippen molar-refractivity contribution in [3.63, 3.8) is 0 Å². The molecule has 0 fully saturated rings. The van der Waals surface area contributed by atoms with Crippen LogP contribution in [-0.4, -0.2) is 60.7 Å². The first kappa shape index (κ1) is 19.4. The van der Waals surface area contributed by atoms with Gasteiger partial charge in [-0.15, -0.1) is 0 Å². The summed E-state index contributed by atoms with van der Waals surface area (Å²) in [5.41, 5.74) is 9.38. The Morgan fingerprint density at radius 1 is 1.42 bits per heavy atom. The molecular weight excluding hydrogens is 328 g/mol. The van der Waals surface area contributed by atoms with Gasteiger partial charge in [0, 0.05) is 44.3 Å². The topological polar surface area (TPSA) is 87.7 Å². The minimum absolute atomic E-state index is 0.154. The van der Waals surface area contributed by atoms with Gasteiger partial charge in [0.15, 0.2) is 0 Å². The van der Waals surface area contributed by atoms with Crippen molar-refractivity contribution in [3.8, 4) is 0 Å². The van der Waals surface area contributed by atoms with Gasteiger partial charge in [-0.25, -0.2) is 9.97 Å². The number of nitrogens with two attached hydrogens (primary N) is 1. The number of hydrogen-bond acceptors (Lipinski definition) is 6. The molecule has 0 aromatic carbocycles. The highest BCUT2D eigenvalue weighted by Gasteiger charge is 2.22. The fourth-order valence-electron chi connectivity index (χ4n) is 2.40. The van der Waals surface area contributed by atoms with E-state index in [-0.39, 0.29) is 5.91 Å². The van der Waals surface area contributed by atoms with Gasteiger partial charge in [0.1, 0.15) is 5.69 Å². The van der Waals surface area contributed by atoms with Crippen LogP contribution in [0.25, 0.3) is 0 Å². The number of aromatic nitrogens is 2. The molecule has 0 bridgehead atoms. The SMILES string of the molecule is C/C=C\C=C(/C)CN=CC1=C(N)CN(c2nccc(C(=O)N(C)C)n2)C1. The van der Waals surface area contributed by atoms with Crippen LogP contribution in [0.2, 0.25) is 0 Å². The molecule has 1 aliphatic heterocycles. The van der Waals surface area contributed by atoms with Crippen LogP contribution in [0.3, 0.4) is 0 Å². The van der Waals surface area contributed by atoms with Crippen molar-refractivity contribution in [2.24, 2.45) is 10.7 Å². The molecule has 0 saturated carbocycles. The van der Waals surface area contributed by atoms with Crippen LogP contribution in [0.1, 0.15) is 24.3 Å². The number of carbonyl (C=O) groups is 1.